The molecule has 222 valence electrons. The van der Waals surface area contributed by atoms with E-state index < -0.39 is 53.9 Å². The fraction of sp³-hybridized carbons (Fsp3) is 0.310. The number of hydrogen-bond acceptors (Lipinski definition) is 9. The number of hydrogen-bond donors (Lipinski definition) is 2. The van der Waals surface area contributed by atoms with E-state index in [2.05, 4.69) is 20.5 Å². The number of fused-ring (bicyclic) bond motifs is 2. The van der Waals surface area contributed by atoms with Gasteiger partial charge in [0.25, 0.3) is 11.8 Å². The van der Waals surface area contributed by atoms with E-state index in [1.807, 2.05) is 0 Å². The number of carbonyl (C=O) groups excluding carboxylic acids is 4. The summed E-state index contributed by atoms with van der Waals surface area (Å²) in [5.41, 5.74) is -0.635. The van der Waals surface area contributed by atoms with E-state index in [1.54, 1.807) is 51.4 Å². The molecule has 0 spiro atoms. The minimum atomic E-state index is -1.94. The summed E-state index contributed by atoms with van der Waals surface area (Å²) in [6, 6.07) is 6.98. The Morgan fingerprint density at radius 3 is 2.67 bits per heavy atom. The van der Waals surface area contributed by atoms with Crippen molar-refractivity contribution in [2.45, 2.75) is 32.9 Å². The third-order valence-electron chi connectivity index (χ3n) is 7.40. The summed E-state index contributed by atoms with van der Waals surface area (Å²) >= 11 is 0. The Bertz CT molecular complexity index is 1790. The molecule has 2 aliphatic heterocycles. The number of benzene rings is 1. The zero-order valence-electron chi connectivity index (χ0n) is 23.7. The normalized spacial score (nSPS) is 18.4. The van der Waals surface area contributed by atoms with Crippen LogP contribution in [0.2, 0.25) is 0 Å². The molecule has 1 saturated heterocycles. The number of esters is 1. The van der Waals surface area contributed by atoms with E-state index in [1.165, 1.54) is 24.1 Å². The molecule has 1 atom stereocenters. The number of furan rings is 1. The van der Waals surface area contributed by atoms with Gasteiger partial charge in [-0.3, -0.25) is 19.5 Å². The van der Waals surface area contributed by atoms with Gasteiger partial charge in [-0.05, 0) is 44.5 Å². The Kier molecular flexibility index (Phi) is 6.44. The summed E-state index contributed by atoms with van der Waals surface area (Å²) in [4.78, 5) is 59.8. The lowest BCUT2D eigenvalue weighted by molar-refractivity contribution is -0.158. The number of rotatable bonds is 7. The lowest BCUT2D eigenvalue weighted by Crippen LogP contribution is -2.52. The van der Waals surface area contributed by atoms with Crippen LogP contribution in [0.4, 0.5) is 9.18 Å². The number of aromatic nitrogens is 3. The molecule has 0 saturated carbocycles. The molecular formula is C29H27FN6O7. The number of nitrogens with zero attached hydrogens (tertiary/aromatic N) is 4. The third-order valence-corrected chi connectivity index (χ3v) is 7.40. The number of halogens is 1. The van der Waals surface area contributed by atoms with Crippen LogP contribution in [-0.2, 0) is 26.4 Å². The molecule has 1 aromatic carbocycles. The Balaban J connectivity index is 1.39. The second kappa shape index (κ2) is 9.93. The molecule has 1 fully saturated rings. The van der Waals surface area contributed by atoms with Gasteiger partial charge in [-0.2, -0.15) is 5.10 Å². The highest BCUT2D eigenvalue weighted by molar-refractivity contribution is 6.08. The molecule has 5 heterocycles. The molecule has 0 aliphatic carbocycles. The smallest absolute Gasteiger partial charge is 0.328 e. The number of urea groups is 1. The van der Waals surface area contributed by atoms with Crippen molar-refractivity contribution in [3.8, 4) is 17.0 Å². The van der Waals surface area contributed by atoms with Crippen LogP contribution in [0.15, 0.2) is 47.1 Å². The van der Waals surface area contributed by atoms with Crippen LogP contribution in [0.1, 0.15) is 42.5 Å². The Labute approximate surface area is 243 Å². The first-order valence-corrected chi connectivity index (χ1v) is 13.3. The first kappa shape index (κ1) is 27.9. The lowest BCUT2D eigenvalue weighted by atomic mass is 9.95. The second-order valence-corrected chi connectivity index (χ2v) is 11.3. The number of ether oxygens (including phenoxy) is 2. The van der Waals surface area contributed by atoms with Crippen molar-refractivity contribution in [1.29, 1.82) is 0 Å². The zero-order chi connectivity index (χ0) is 30.7. The van der Waals surface area contributed by atoms with Gasteiger partial charge < -0.3 is 24.1 Å². The number of aromatic amines is 1. The van der Waals surface area contributed by atoms with Crippen molar-refractivity contribution >= 4 is 34.9 Å². The maximum Gasteiger partial charge on any atom is 0.328 e. The van der Waals surface area contributed by atoms with E-state index in [-0.39, 0.29) is 23.6 Å². The second-order valence-electron chi connectivity index (χ2n) is 11.3. The zero-order valence-corrected chi connectivity index (χ0v) is 23.7. The average Bonchev–Trinajstić information content (AvgIpc) is 3.74. The number of amides is 4. The van der Waals surface area contributed by atoms with Crippen molar-refractivity contribution in [2.75, 3.05) is 20.4 Å². The molecule has 2 aliphatic rings. The van der Waals surface area contributed by atoms with Gasteiger partial charge in [0.05, 0.1) is 36.5 Å². The van der Waals surface area contributed by atoms with Gasteiger partial charge in [0.1, 0.15) is 11.3 Å². The number of pyridine rings is 1. The molecule has 0 unspecified atom stereocenters. The molecule has 0 bridgehead atoms. The molecule has 4 aromatic rings. The molecule has 6 rings (SSSR count). The van der Waals surface area contributed by atoms with E-state index in [0.29, 0.717) is 27.9 Å². The summed E-state index contributed by atoms with van der Waals surface area (Å²) in [7, 11) is 1.29. The molecular weight excluding hydrogens is 563 g/mol. The van der Waals surface area contributed by atoms with E-state index in [0.717, 1.165) is 4.90 Å². The van der Waals surface area contributed by atoms with Gasteiger partial charge in [-0.1, -0.05) is 6.07 Å². The summed E-state index contributed by atoms with van der Waals surface area (Å²) in [6.07, 6.45) is 3.26. The highest BCUT2D eigenvalue weighted by atomic mass is 19.1. The van der Waals surface area contributed by atoms with Gasteiger partial charge >= 0.3 is 12.0 Å². The molecule has 3 aromatic heterocycles. The summed E-state index contributed by atoms with van der Waals surface area (Å²) in [5, 5.41) is 9.31. The molecule has 43 heavy (non-hydrogen) atoms. The van der Waals surface area contributed by atoms with Gasteiger partial charge in [0.2, 0.25) is 0 Å². The van der Waals surface area contributed by atoms with Crippen LogP contribution in [0.3, 0.4) is 0 Å². The summed E-state index contributed by atoms with van der Waals surface area (Å²) in [6.45, 7) is 3.79. The number of imide groups is 1. The predicted molar refractivity (Wildman–Crippen MR) is 147 cm³/mol. The number of H-pyrrole nitrogens is 1. The van der Waals surface area contributed by atoms with Crippen molar-refractivity contribution in [3.05, 3.63) is 65.4 Å². The minimum absolute atomic E-state index is 0.0100. The Morgan fingerprint density at radius 1 is 1.19 bits per heavy atom. The third kappa shape index (κ3) is 4.54. The van der Waals surface area contributed by atoms with Gasteiger partial charge in [0, 0.05) is 24.4 Å². The summed E-state index contributed by atoms with van der Waals surface area (Å²) < 4.78 is 31.5. The predicted octanol–water partition coefficient (Wildman–Crippen LogP) is 3.32. The lowest BCUT2D eigenvalue weighted by Gasteiger charge is -2.29. The maximum atomic E-state index is 15.1. The number of nitrogens with one attached hydrogen (secondary N) is 2. The maximum absolute atomic E-state index is 15.1. The molecule has 14 heteroatoms. The first-order valence-electron chi connectivity index (χ1n) is 13.3. The van der Waals surface area contributed by atoms with Crippen LogP contribution in [-0.4, -0.2) is 69.2 Å². The minimum Gasteiger partial charge on any atom is -0.494 e. The molecule has 4 amide bonds. The quantitative estimate of drug-likeness (QED) is 0.243. The van der Waals surface area contributed by atoms with E-state index in [4.69, 9.17) is 13.9 Å². The highest BCUT2D eigenvalue weighted by Gasteiger charge is 2.57. The van der Waals surface area contributed by atoms with E-state index in [9.17, 15) is 19.2 Å². The number of methoxy groups -OCH3 is 1. The fourth-order valence-electron chi connectivity index (χ4n) is 5.09. The topological polar surface area (TPSA) is 160 Å². The van der Waals surface area contributed by atoms with Gasteiger partial charge in [0.15, 0.2) is 29.4 Å². The summed E-state index contributed by atoms with van der Waals surface area (Å²) in [5.74, 6) is -3.07. The first-order chi connectivity index (χ1) is 20.4. The van der Waals surface area contributed by atoms with Gasteiger partial charge in [-0.25, -0.2) is 19.1 Å². The van der Waals surface area contributed by atoms with Crippen LogP contribution in [0, 0.1) is 11.2 Å². The standard InChI is InChI=1S/C29H27FN6O7/c1-28(2,3)26(39)42-14-36-25(38)29(34-27(36)40,13-35-12-15-5-7-20(41-4)23(30)22(15)24(35)37)21-9-18-19(43-21)8-6-17(33-18)16-10-31-32-11-16/h5-11H,12-14H2,1-4H3,(H,31,32)(H,34,40)/t29-/m0/s1. The largest absolute Gasteiger partial charge is 0.494 e. The van der Waals surface area contributed by atoms with Crippen molar-refractivity contribution < 1.29 is 37.5 Å². The molecule has 2 N–H and O–H groups in total. The van der Waals surface area contributed by atoms with Crippen molar-refractivity contribution in [1.82, 2.24) is 30.3 Å². The van der Waals surface area contributed by atoms with Crippen molar-refractivity contribution in [3.63, 3.8) is 0 Å². The highest BCUT2D eigenvalue weighted by Crippen LogP contribution is 2.38. The Hall–Kier alpha value is -5.27. The van der Waals surface area contributed by atoms with Crippen LogP contribution >= 0.6 is 0 Å². The molecule has 13 nitrogen and oxygen atoms in total. The fourth-order valence-corrected chi connectivity index (χ4v) is 5.09. The SMILES string of the molecule is COc1ccc2c(c1F)C(=O)N(C[C@@]1(c3cc4nc(-c5cn[nH]c5)ccc4o3)NC(=O)N(COC(=O)C(C)(C)C)C1=O)C2. The van der Waals surface area contributed by atoms with Crippen LogP contribution in [0.25, 0.3) is 22.4 Å². The van der Waals surface area contributed by atoms with Crippen molar-refractivity contribution in [2.24, 2.45) is 5.41 Å². The Morgan fingerprint density at radius 2 is 1.98 bits per heavy atom. The molecule has 0 radical (unpaired) electrons. The van der Waals surface area contributed by atoms with Gasteiger partial charge in [-0.15, -0.1) is 0 Å². The van der Waals surface area contributed by atoms with E-state index >= 15 is 4.39 Å². The number of carbonyl (C=O) groups is 4. The van der Waals surface area contributed by atoms with Crippen LogP contribution < -0.4 is 10.1 Å². The monoisotopic (exact) mass is 590 g/mol. The average molecular weight is 591 g/mol. The van der Waals surface area contributed by atoms with Crippen LogP contribution in [0.5, 0.6) is 5.75 Å².